The van der Waals surface area contributed by atoms with Crippen LogP contribution in [0.3, 0.4) is 0 Å². The summed E-state index contributed by atoms with van der Waals surface area (Å²) in [6.45, 7) is 0. The van der Waals surface area contributed by atoms with Crippen molar-refractivity contribution in [1.29, 1.82) is 5.26 Å². The Balaban J connectivity index is 2.60. The predicted octanol–water partition coefficient (Wildman–Crippen LogP) is 0.464. The Bertz CT molecular complexity index is 65.0. The van der Waals surface area contributed by atoms with Crippen LogP contribution in [0.25, 0.3) is 0 Å². The molecule has 0 aliphatic carbocycles. The first-order valence-electron chi connectivity index (χ1n) is 2.78. The van der Waals surface area contributed by atoms with Crippen molar-refractivity contribution in [1.82, 2.24) is 0 Å². The van der Waals surface area contributed by atoms with Gasteiger partial charge in [0.25, 0.3) is 0 Å². The largest absolute Gasteiger partial charge is 0.198 e. The highest BCUT2D eigenvalue weighted by Gasteiger charge is 1.79. The molecule has 7 heavy (non-hydrogen) atoms. The molecule has 0 atom stereocenters. The van der Waals surface area contributed by atoms with Gasteiger partial charge in [0.15, 0.2) is 0 Å². The third-order valence-electron chi connectivity index (χ3n) is 0.892. The van der Waals surface area contributed by atoms with E-state index in [0.29, 0.717) is 0 Å². The van der Waals surface area contributed by atoms with Crippen molar-refractivity contribution in [3.05, 3.63) is 0 Å². The van der Waals surface area contributed by atoms with E-state index in [1.807, 2.05) is 0 Å². The second-order valence-electron chi connectivity index (χ2n) is 1.62. The molecular weight excluding hydrogens is 102 g/mol. The Morgan fingerprint density at radius 1 is 1.43 bits per heavy atom. The zero-order valence-corrected chi connectivity index (χ0v) is 6.78. The maximum absolute atomic E-state index is 8.05. The van der Waals surface area contributed by atoms with Crippen LogP contribution in [0.15, 0.2) is 0 Å². The van der Waals surface area contributed by atoms with E-state index in [1.54, 1.807) is 0 Å². The van der Waals surface area contributed by atoms with Crippen molar-refractivity contribution in [2.75, 3.05) is 0 Å². The lowest BCUT2D eigenvalue weighted by Crippen LogP contribution is -1.70. The molecule has 0 amide bonds. The first kappa shape index (κ1) is 6.71. The van der Waals surface area contributed by atoms with Crippen LogP contribution in [0.2, 0.25) is 6.04 Å². The number of nitrogens with zero attached hydrogens (tertiary/aromatic N) is 1. The third kappa shape index (κ3) is 5.71. The lowest BCUT2D eigenvalue weighted by Gasteiger charge is -1.84. The van der Waals surface area contributed by atoms with Gasteiger partial charge in [-0.05, 0) is 6.42 Å². The van der Waals surface area contributed by atoms with E-state index in [-0.39, 0.29) is 0 Å². The minimum atomic E-state index is 0.752. The lowest BCUT2D eigenvalue weighted by molar-refractivity contribution is 0.820. The molecule has 0 aromatic rings. The summed E-state index contributed by atoms with van der Waals surface area (Å²) < 4.78 is 0. The minimum Gasteiger partial charge on any atom is -0.198 e. The summed E-state index contributed by atoms with van der Waals surface area (Å²) in [7, 11) is 1.30. The molecule has 2 heteroatoms. The molecule has 0 spiro atoms. The predicted molar refractivity (Wildman–Crippen MR) is 34.2 cm³/mol. The monoisotopic (exact) mass is 113 g/mol. The van der Waals surface area contributed by atoms with Gasteiger partial charge in [0.2, 0.25) is 0 Å². The molecule has 0 radical (unpaired) electrons. The fourth-order valence-electron chi connectivity index (χ4n) is 0.454. The fraction of sp³-hybridized carbons (Fsp3) is 0.800. The van der Waals surface area contributed by atoms with Crippen molar-refractivity contribution in [2.45, 2.75) is 25.3 Å². The van der Waals surface area contributed by atoms with Crippen molar-refractivity contribution in [2.24, 2.45) is 0 Å². The van der Waals surface area contributed by atoms with Crippen LogP contribution in [0, 0.1) is 11.3 Å². The molecular formula is C5H11NSi. The molecule has 0 aliphatic heterocycles. The molecule has 0 bridgehead atoms. The van der Waals surface area contributed by atoms with Gasteiger partial charge in [-0.15, -0.1) is 0 Å². The van der Waals surface area contributed by atoms with E-state index in [0.717, 1.165) is 12.8 Å². The standard InChI is InChI=1S/C5H11NSi/c6-4-2-1-3-5-7/h1-3,5H2,7H3. The van der Waals surface area contributed by atoms with Crippen LogP contribution in [-0.2, 0) is 0 Å². The van der Waals surface area contributed by atoms with E-state index in [9.17, 15) is 0 Å². The van der Waals surface area contributed by atoms with Crippen LogP contribution in [0.1, 0.15) is 19.3 Å². The average molecular weight is 113 g/mol. The molecule has 0 saturated carbocycles. The summed E-state index contributed by atoms with van der Waals surface area (Å²) >= 11 is 0. The topological polar surface area (TPSA) is 23.8 Å². The van der Waals surface area contributed by atoms with Gasteiger partial charge < -0.3 is 0 Å². The van der Waals surface area contributed by atoms with E-state index in [1.165, 1.54) is 22.7 Å². The van der Waals surface area contributed by atoms with Gasteiger partial charge in [0.05, 0.1) is 6.07 Å². The Morgan fingerprint density at radius 3 is 2.57 bits per heavy atom. The van der Waals surface area contributed by atoms with Gasteiger partial charge >= 0.3 is 0 Å². The third-order valence-corrected chi connectivity index (χ3v) is 1.60. The zero-order valence-electron chi connectivity index (χ0n) is 4.78. The summed E-state index contributed by atoms with van der Waals surface area (Å²) in [6.07, 6.45) is 3.13. The number of hydrogen-bond donors (Lipinski definition) is 0. The fourth-order valence-corrected chi connectivity index (χ4v) is 0.954. The molecule has 1 nitrogen and oxygen atoms in total. The van der Waals surface area contributed by atoms with Gasteiger partial charge in [-0.3, -0.25) is 0 Å². The summed E-state index contributed by atoms with van der Waals surface area (Å²) in [5.74, 6) is 0. The Kier molecular flexibility index (Phi) is 5.47. The second kappa shape index (κ2) is 5.71. The number of hydrogen-bond acceptors (Lipinski definition) is 1. The number of nitriles is 1. The maximum atomic E-state index is 8.05. The van der Waals surface area contributed by atoms with Crippen LogP contribution < -0.4 is 0 Å². The number of unbranched alkanes of at least 4 members (excludes halogenated alkanes) is 2. The molecule has 0 N–H and O–H groups in total. The molecule has 0 unspecified atom stereocenters. The molecule has 0 aromatic carbocycles. The SMILES string of the molecule is N#CCCCC[SiH3]. The molecule has 0 heterocycles. The first-order valence-corrected chi connectivity index (χ1v) is 4.20. The molecule has 0 saturated heterocycles. The van der Waals surface area contributed by atoms with Crippen LogP contribution in [0.4, 0.5) is 0 Å². The first-order chi connectivity index (χ1) is 3.41. The highest BCUT2D eigenvalue weighted by molar-refractivity contribution is 6.08. The zero-order chi connectivity index (χ0) is 5.54. The van der Waals surface area contributed by atoms with Crippen molar-refractivity contribution in [3.8, 4) is 6.07 Å². The van der Waals surface area contributed by atoms with E-state index in [2.05, 4.69) is 6.07 Å². The lowest BCUT2D eigenvalue weighted by atomic mass is 10.3. The summed E-state index contributed by atoms with van der Waals surface area (Å²) in [5, 5.41) is 8.05. The molecule has 0 fully saturated rings. The summed E-state index contributed by atoms with van der Waals surface area (Å²) in [6, 6.07) is 3.47. The summed E-state index contributed by atoms with van der Waals surface area (Å²) in [5.41, 5.74) is 0. The molecule has 0 aliphatic rings. The number of rotatable bonds is 3. The van der Waals surface area contributed by atoms with Gasteiger partial charge in [-0.25, -0.2) is 0 Å². The quantitative estimate of drug-likeness (QED) is 0.385. The van der Waals surface area contributed by atoms with Crippen LogP contribution >= 0.6 is 0 Å². The highest BCUT2D eigenvalue weighted by Crippen LogP contribution is 1.94. The van der Waals surface area contributed by atoms with Crippen molar-refractivity contribution < 1.29 is 0 Å². The van der Waals surface area contributed by atoms with E-state index >= 15 is 0 Å². The Hall–Kier alpha value is -0.293. The van der Waals surface area contributed by atoms with Gasteiger partial charge in [-0.2, -0.15) is 5.26 Å². The van der Waals surface area contributed by atoms with E-state index < -0.39 is 0 Å². The van der Waals surface area contributed by atoms with Crippen LogP contribution in [0.5, 0.6) is 0 Å². The molecule has 0 aromatic heterocycles. The summed E-state index contributed by atoms with van der Waals surface area (Å²) in [4.78, 5) is 0. The Morgan fingerprint density at radius 2 is 2.14 bits per heavy atom. The second-order valence-corrected chi connectivity index (χ2v) is 2.62. The molecule has 40 valence electrons. The average Bonchev–Trinajstić information content (AvgIpc) is 1.69. The Labute approximate surface area is 47.8 Å². The normalized spacial score (nSPS) is 8.43. The molecule has 0 rings (SSSR count). The smallest absolute Gasteiger partial charge is 0.0621 e. The van der Waals surface area contributed by atoms with Crippen LogP contribution in [-0.4, -0.2) is 10.2 Å². The van der Waals surface area contributed by atoms with Gasteiger partial charge in [0, 0.05) is 16.7 Å². The van der Waals surface area contributed by atoms with Crippen molar-refractivity contribution in [3.63, 3.8) is 0 Å². The highest BCUT2D eigenvalue weighted by atomic mass is 28.1. The van der Waals surface area contributed by atoms with Gasteiger partial charge in [-0.1, -0.05) is 12.5 Å². The maximum Gasteiger partial charge on any atom is 0.0621 e. The van der Waals surface area contributed by atoms with Crippen molar-refractivity contribution >= 4 is 10.2 Å². The minimum absolute atomic E-state index is 0.752. The van der Waals surface area contributed by atoms with E-state index in [4.69, 9.17) is 5.26 Å². The van der Waals surface area contributed by atoms with Gasteiger partial charge in [0.1, 0.15) is 0 Å².